The predicted molar refractivity (Wildman–Crippen MR) is 103 cm³/mol. The molecule has 1 amide bonds. The van der Waals surface area contributed by atoms with Crippen LogP contribution in [0.2, 0.25) is 0 Å². The van der Waals surface area contributed by atoms with E-state index < -0.39 is 28.7 Å². The average molecular weight is 415 g/mol. The summed E-state index contributed by atoms with van der Waals surface area (Å²) in [5.41, 5.74) is 0.675. The molecule has 0 aliphatic rings. The van der Waals surface area contributed by atoms with E-state index in [0.717, 1.165) is 0 Å². The summed E-state index contributed by atoms with van der Waals surface area (Å²) in [5, 5.41) is 4.77. The molecule has 0 aliphatic carbocycles. The summed E-state index contributed by atoms with van der Waals surface area (Å²) in [6.07, 6.45) is -3.96. The lowest BCUT2D eigenvalue weighted by Crippen LogP contribution is -2.22. The number of carbonyl (C=O) groups excluding carboxylic acids is 1. The smallest absolute Gasteiger partial charge is 0.375 e. The van der Waals surface area contributed by atoms with Crippen LogP contribution in [-0.4, -0.2) is 32.8 Å². The van der Waals surface area contributed by atoms with Crippen LogP contribution >= 0.6 is 0 Å². The van der Waals surface area contributed by atoms with Crippen LogP contribution in [0.1, 0.15) is 23.7 Å². The van der Waals surface area contributed by atoms with E-state index in [-0.39, 0.29) is 28.4 Å². The van der Waals surface area contributed by atoms with Crippen molar-refractivity contribution in [1.29, 1.82) is 0 Å². The molecule has 6 nitrogen and oxygen atoms in total. The third kappa shape index (κ3) is 6.76. The monoisotopic (exact) mass is 415 g/mol. The van der Waals surface area contributed by atoms with Gasteiger partial charge in [0.25, 0.3) is 5.91 Å². The molecule has 0 saturated heterocycles. The van der Waals surface area contributed by atoms with E-state index in [1.807, 2.05) is 0 Å². The van der Waals surface area contributed by atoms with Crippen LogP contribution in [-0.2, 0) is 10.0 Å². The number of alkyl halides is 3. The molecular formula is C18H20F3N3O3S. The van der Waals surface area contributed by atoms with Gasteiger partial charge in [0, 0.05) is 11.3 Å². The van der Waals surface area contributed by atoms with Gasteiger partial charge in [-0.2, -0.15) is 13.2 Å². The largest absolute Gasteiger partial charge is 0.405 e. The van der Waals surface area contributed by atoms with Crippen molar-refractivity contribution < 1.29 is 26.4 Å². The number of hydrogen-bond acceptors (Lipinski definition) is 4. The Kier molecular flexibility index (Phi) is 6.90. The third-order valence-electron chi connectivity index (χ3n) is 3.53. The van der Waals surface area contributed by atoms with Crippen LogP contribution in [0.4, 0.5) is 30.2 Å². The van der Waals surface area contributed by atoms with Crippen molar-refractivity contribution in [3.8, 4) is 0 Å². The van der Waals surface area contributed by atoms with E-state index in [1.54, 1.807) is 13.0 Å². The van der Waals surface area contributed by atoms with Gasteiger partial charge in [0.05, 0.1) is 17.1 Å². The van der Waals surface area contributed by atoms with Gasteiger partial charge >= 0.3 is 6.18 Å². The molecule has 2 aromatic carbocycles. The highest BCUT2D eigenvalue weighted by Gasteiger charge is 2.27. The Labute approximate surface area is 161 Å². The van der Waals surface area contributed by atoms with Crippen molar-refractivity contribution in [1.82, 2.24) is 0 Å². The van der Waals surface area contributed by atoms with Crippen molar-refractivity contribution in [2.24, 2.45) is 0 Å². The Bertz CT molecular complexity index is 931. The second-order valence-electron chi connectivity index (χ2n) is 5.97. The summed E-state index contributed by atoms with van der Waals surface area (Å²) < 4.78 is 63.4. The van der Waals surface area contributed by atoms with Gasteiger partial charge in [-0.25, -0.2) is 8.42 Å². The van der Waals surface area contributed by atoms with Crippen LogP contribution < -0.4 is 15.4 Å². The molecule has 0 bridgehead atoms. The molecule has 0 atom stereocenters. The minimum Gasteiger partial charge on any atom is -0.375 e. The topological polar surface area (TPSA) is 87.3 Å². The van der Waals surface area contributed by atoms with E-state index in [2.05, 4.69) is 15.4 Å². The van der Waals surface area contributed by atoms with Crippen LogP contribution in [0, 0.1) is 0 Å². The van der Waals surface area contributed by atoms with Gasteiger partial charge in [0.15, 0.2) is 0 Å². The zero-order valence-corrected chi connectivity index (χ0v) is 15.8. The summed E-state index contributed by atoms with van der Waals surface area (Å²) in [7, 11) is -3.51. The number of para-hydroxylation sites is 2. The normalized spacial score (nSPS) is 11.7. The van der Waals surface area contributed by atoms with E-state index in [4.69, 9.17) is 0 Å². The molecule has 152 valence electrons. The Morgan fingerprint density at radius 2 is 1.71 bits per heavy atom. The molecule has 3 N–H and O–H groups in total. The maximum atomic E-state index is 12.5. The summed E-state index contributed by atoms with van der Waals surface area (Å²) in [5.74, 6) is -0.639. The average Bonchev–Trinajstić information content (AvgIpc) is 2.60. The van der Waals surface area contributed by atoms with E-state index in [1.165, 1.54) is 42.5 Å². The number of hydrogen-bond donors (Lipinski definition) is 3. The molecule has 28 heavy (non-hydrogen) atoms. The van der Waals surface area contributed by atoms with Gasteiger partial charge in [0.1, 0.15) is 6.54 Å². The van der Waals surface area contributed by atoms with Crippen LogP contribution in [0.15, 0.2) is 48.5 Å². The first-order valence-corrected chi connectivity index (χ1v) is 10.1. The number of anilines is 3. The number of carbonyl (C=O) groups is 1. The van der Waals surface area contributed by atoms with E-state index in [9.17, 15) is 26.4 Å². The van der Waals surface area contributed by atoms with Crippen LogP contribution in [0.3, 0.4) is 0 Å². The quantitative estimate of drug-likeness (QED) is 0.607. The minimum absolute atomic E-state index is 0.0539. The summed E-state index contributed by atoms with van der Waals surface area (Å²) in [6, 6.07) is 11.8. The zero-order valence-electron chi connectivity index (χ0n) is 15.0. The van der Waals surface area contributed by atoms with Gasteiger partial charge in [0.2, 0.25) is 10.0 Å². The zero-order chi connectivity index (χ0) is 20.8. The van der Waals surface area contributed by atoms with Gasteiger partial charge in [-0.1, -0.05) is 25.1 Å². The molecule has 2 rings (SSSR count). The fourth-order valence-corrected chi connectivity index (χ4v) is 3.49. The fraction of sp³-hybridized carbons (Fsp3) is 0.278. The second kappa shape index (κ2) is 8.96. The Morgan fingerprint density at radius 3 is 2.36 bits per heavy atom. The lowest BCUT2D eigenvalue weighted by atomic mass is 10.2. The molecule has 2 aromatic rings. The highest BCUT2D eigenvalue weighted by molar-refractivity contribution is 7.92. The van der Waals surface area contributed by atoms with Crippen molar-refractivity contribution in [2.45, 2.75) is 19.5 Å². The van der Waals surface area contributed by atoms with Crippen LogP contribution in [0.25, 0.3) is 0 Å². The number of nitrogens with one attached hydrogen (secondary N) is 3. The second-order valence-corrected chi connectivity index (χ2v) is 7.81. The van der Waals surface area contributed by atoms with E-state index in [0.29, 0.717) is 6.42 Å². The molecular weight excluding hydrogens is 395 g/mol. The Balaban J connectivity index is 2.15. The molecule has 0 spiro atoms. The number of halogens is 3. The molecule has 0 radical (unpaired) electrons. The minimum atomic E-state index is -4.40. The van der Waals surface area contributed by atoms with Gasteiger partial charge in [-0.05, 0) is 36.8 Å². The summed E-state index contributed by atoms with van der Waals surface area (Å²) in [4.78, 5) is 12.5. The van der Waals surface area contributed by atoms with Crippen molar-refractivity contribution in [3.63, 3.8) is 0 Å². The molecule has 0 heterocycles. The highest BCUT2D eigenvalue weighted by Crippen LogP contribution is 2.24. The van der Waals surface area contributed by atoms with Crippen molar-refractivity contribution in [2.75, 3.05) is 27.7 Å². The molecule has 0 aliphatic heterocycles. The van der Waals surface area contributed by atoms with Gasteiger partial charge in [-0.3, -0.25) is 9.52 Å². The molecule has 0 aromatic heterocycles. The van der Waals surface area contributed by atoms with Gasteiger partial charge in [-0.15, -0.1) is 0 Å². The number of rotatable bonds is 8. The third-order valence-corrected chi connectivity index (χ3v) is 5.02. The maximum absolute atomic E-state index is 12.5. The number of benzene rings is 2. The lowest BCUT2D eigenvalue weighted by Gasteiger charge is -2.15. The van der Waals surface area contributed by atoms with Crippen molar-refractivity contribution in [3.05, 3.63) is 54.1 Å². The van der Waals surface area contributed by atoms with Gasteiger partial charge < -0.3 is 10.6 Å². The lowest BCUT2D eigenvalue weighted by molar-refractivity contribution is -0.115. The Hall–Kier alpha value is -2.75. The summed E-state index contributed by atoms with van der Waals surface area (Å²) in [6.45, 7) is 0.488. The molecule has 0 fully saturated rings. The summed E-state index contributed by atoms with van der Waals surface area (Å²) >= 11 is 0. The first-order valence-electron chi connectivity index (χ1n) is 8.41. The van der Waals surface area contributed by atoms with Crippen molar-refractivity contribution >= 4 is 33.0 Å². The Morgan fingerprint density at radius 1 is 1.04 bits per heavy atom. The van der Waals surface area contributed by atoms with E-state index >= 15 is 0 Å². The first kappa shape index (κ1) is 21.5. The molecule has 10 heteroatoms. The molecule has 0 unspecified atom stereocenters. The first-order chi connectivity index (χ1) is 13.1. The standard InChI is InChI=1S/C18H20F3N3O3S/c1-2-10-28(26,27)24-14-7-5-6-13(11-14)17(25)23-16-9-4-3-8-15(16)22-12-18(19,20)21/h3-9,11,22,24H,2,10,12H2,1H3,(H,23,25). The predicted octanol–water partition coefficient (Wildman–Crippen LogP) is 4.06. The highest BCUT2D eigenvalue weighted by atomic mass is 32.2. The number of amides is 1. The fourth-order valence-electron chi connectivity index (χ4n) is 2.36. The number of sulfonamides is 1. The van der Waals surface area contributed by atoms with Crippen LogP contribution in [0.5, 0.6) is 0 Å². The SMILES string of the molecule is CCCS(=O)(=O)Nc1cccc(C(=O)Nc2ccccc2NCC(F)(F)F)c1. The maximum Gasteiger partial charge on any atom is 0.405 e. The molecule has 0 saturated carbocycles.